The number of likely N-dealkylation sites (tertiary alicyclic amines) is 2. The number of ether oxygens (including phenoxy) is 2. The average Bonchev–Trinajstić information content (AvgIpc) is 3.26. The maximum absolute atomic E-state index is 14.7. The number of imide groups is 1. The van der Waals surface area contributed by atoms with Gasteiger partial charge >= 0.3 is 18.0 Å². The molecule has 4 amide bonds. The second kappa shape index (κ2) is 14.5. The zero-order valence-electron chi connectivity index (χ0n) is 30.8. The molecule has 0 radical (unpaired) electrons. The summed E-state index contributed by atoms with van der Waals surface area (Å²) in [5, 5.41) is 10.2. The summed E-state index contributed by atoms with van der Waals surface area (Å²) in [6.45, 7) is 16.0. The molecule has 0 aliphatic carbocycles. The lowest BCUT2D eigenvalue weighted by molar-refractivity contribution is -0.179. The molecule has 14 heteroatoms. The highest BCUT2D eigenvalue weighted by molar-refractivity contribution is 6.23. The molecule has 0 spiro atoms. The fourth-order valence-electron chi connectivity index (χ4n) is 6.67. The molecule has 2 aliphatic rings. The van der Waals surface area contributed by atoms with E-state index in [1.807, 2.05) is 0 Å². The van der Waals surface area contributed by atoms with Gasteiger partial charge in [0.15, 0.2) is 5.78 Å². The summed E-state index contributed by atoms with van der Waals surface area (Å²) in [4.78, 5) is 100.0. The second-order valence-electron chi connectivity index (χ2n) is 16.1. The lowest BCUT2D eigenvalue weighted by Gasteiger charge is -2.47. The molecule has 2 unspecified atom stereocenters. The average molecular weight is 701 g/mol. The predicted octanol–water partition coefficient (Wildman–Crippen LogP) is 3.74. The van der Waals surface area contributed by atoms with Crippen molar-refractivity contribution < 1.29 is 48.1 Å². The van der Waals surface area contributed by atoms with E-state index in [-0.39, 0.29) is 25.2 Å². The van der Waals surface area contributed by atoms with Crippen LogP contribution in [0.25, 0.3) is 0 Å². The van der Waals surface area contributed by atoms with Crippen molar-refractivity contribution in [2.45, 2.75) is 111 Å². The summed E-state index contributed by atoms with van der Waals surface area (Å²) in [5.74, 6) is -9.77. The van der Waals surface area contributed by atoms with E-state index in [9.17, 15) is 38.7 Å². The summed E-state index contributed by atoms with van der Waals surface area (Å²) in [7, 11) is 0. The molecule has 50 heavy (non-hydrogen) atoms. The largest absolute Gasteiger partial charge is 0.481 e. The third-order valence-corrected chi connectivity index (χ3v) is 8.84. The normalized spacial score (nSPS) is 20.1. The Bertz CT molecular complexity index is 1500. The predicted molar refractivity (Wildman–Crippen MR) is 182 cm³/mol. The van der Waals surface area contributed by atoms with Crippen molar-refractivity contribution in [2.75, 3.05) is 18.0 Å². The Morgan fingerprint density at radius 2 is 1.40 bits per heavy atom. The standard InChI is InChI=1S/C36H52N4O10/c1-21(41)36(31(47)49-34(5,6)7,39(23-14-12-11-13-15-23)29(44)27(37)26(30(45)46)33(2,3)4)40-25(42)20-24(28(40)43)22-16-18-38(19-17-22)32(48)50-35(8,9)10/h11-15,22,24,26-27H,16-20,37H2,1-10H3,(H,45,46)/t24?,26?,27-,36+/m0/s1. The summed E-state index contributed by atoms with van der Waals surface area (Å²) in [6.07, 6.45) is -0.228. The summed E-state index contributed by atoms with van der Waals surface area (Å²) < 4.78 is 11.2. The van der Waals surface area contributed by atoms with Crippen molar-refractivity contribution in [3.63, 3.8) is 0 Å². The van der Waals surface area contributed by atoms with Gasteiger partial charge in [0.25, 0.3) is 5.66 Å². The number of carboxylic acids is 1. The molecule has 4 atom stereocenters. The number of carbonyl (C=O) groups is 7. The Kier molecular flexibility index (Phi) is 11.6. The lowest BCUT2D eigenvalue weighted by atomic mass is 9.75. The maximum Gasteiger partial charge on any atom is 0.410 e. The fraction of sp³-hybridized carbons (Fsp3) is 0.639. The third-order valence-electron chi connectivity index (χ3n) is 8.84. The van der Waals surface area contributed by atoms with Gasteiger partial charge in [-0.25, -0.2) is 14.5 Å². The number of carbonyl (C=O) groups excluding carboxylic acids is 6. The Balaban J connectivity index is 2.20. The van der Waals surface area contributed by atoms with Crippen LogP contribution in [0.15, 0.2) is 30.3 Å². The van der Waals surface area contributed by atoms with Crippen LogP contribution in [-0.4, -0.2) is 92.4 Å². The first-order valence-electron chi connectivity index (χ1n) is 16.8. The molecule has 0 saturated carbocycles. The molecule has 3 rings (SSSR count). The van der Waals surface area contributed by atoms with Gasteiger partial charge in [-0.2, -0.15) is 0 Å². The van der Waals surface area contributed by atoms with Crippen molar-refractivity contribution in [2.24, 2.45) is 28.9 Å². The van der Waals surface area contributed by atoms with Gasteiger partial charge in [0.05, 0.1) is 17.9 Å². The van der Waals surface area contributed by atoms with E-state index in [0.717, 1.165) is 6.92 Å². The SMILES string of the molecule is CC(=O)[C@](C(=O)OC(C)(C)C)(N1C(=O)CC(C2CCN(C(=O)OC(C)(C)C)CC2)C1=O)N(C(=O)[C@@H](N)C(C(=O)O)C(C)(C)C)c1ccccc1. The quantitative estimate of drug-likeness (QED) is 0.217. The number of piperidine rings is 1. The zero-order chi connectivity index (χ0) is 38.1. The number of hydrogen-bond donors (Lipinski definition) is 2. The molecule has 14 nitrogen and oxygen atoms in total. The number of anilines is 1. The van der Waals surface area contributed by atoms with Gasteiger partial charge in [0, 0.05) is 25.2 Å². The molecule has 2 saturated heterocycles. The Morgan fingerprint density at radius 3 is 1.84 bits per heavy atom. The molecule has 1 aromatic carbocycles. The number of amides is 4. The van der Waals surface area contributed by atoms with Gasteiger partial charge in [-0.15, -0.1) is 0 Å². The number of benzene rings is 1. The van der Waals surface area contributed by atoms with E-state index in [1.165, 1.54) is 49.9 Å². The molecule has 2 heterocycles. The minimum atomic E-state index is -3.02. The molecule has 2 fully saturated rings. The highest BCUT2D eigenvalue weighted by Gasteiger charge is 2.66. The molecule has 276 valence electrons. The van der Waals surface area contributed by atoms with Crippen molar-refractivity contribution in [3.05, 3.63) is 30.3 Å². The molecular weight excluding hydrogens is 648 g/mol. The summed E-state index contributed by atoms with van der Waals surface area (Å²) in [6, 6.07) is 5.55. The van der Waals surface area contributed by atoms with Crippen LogP contribution >= 0.6 is 0 Å². The van der Waals surface area contributed by atoms with Crippen molar-refractivity contribution >= 4 is 47.2 Å². The number of ketones is 1. The Hall–Kier alpha value is -4.33. The summed E-state index contributed by atoms with van der Waals surface area (Å²) in [5.41, 5.74) is 0.267. The topological polar surface area (TPSA) is 194 Å². The first-order chi connectivity index (χ1) is 22.8. The molecule has 2 aliphatic heterocycles. The smallest absolute Gasteiger partial charge is 0.410 e. The van der Waals surface area contributed by atoms with Gasteiger partial charge in [-0.3, -0.25) is 28.9 Å². The minimum absolute atomic E-state index is 0.0956. The van der Waals surface area contributed by atoms with Crippen molar-refractivity contribution in [3.8, 4) is 0 Å². The van der Waals surface area contributed by atoms with Crippen molar-refractivity contribution in [1.82, 2.24) is 9.80 Å². The van der Waals surface area contributed by atoms with E-state index in [1.54, 1.807) is 47.6 Å². The van der Waals surface area contributed by atoms with Crippen LogP contribution in [0.5, 0.6) is 0 Å². The Labute approximate surface area is 293 Å². The van der Waals surface area contributed by atoms with Crippen LogP contribution in [0.4, 0.5) is 10.5 Å². The summed E-state index contributed by atoms with van der Waals surface area (Å²) >= 11 is 0. The first-order valence-corrected chi connectivity index (χ1v) is 16.8. The van der Waals surface area contributed by atoms with Crippen LogP contribution in [0.2, 0.25) is 0 Å². The maximum atomic E-state index is 14.7. The molecule has 0 bridgehead atoms. The highest BCUT2D eigenvalue weighted by atomic mass is 16.6. The van der Waals surface area contributed by atoms with Crippen molar-refractivity contribution in [1.29, 1.82) is 0 Å². The number of aliphatic carboxylic acids is 1. The monoisotopic (exact) mass is 700 g/mol. The van der Waals surface area contributed by atoms with Gasteiger partial charge < -0.3 is 25.2 Å². The third kappa shape index (κ3) is 8.34. The minimum Gasteiger partial charge on any atom is -0.481 e. The van der Waals surface area contributed by atoms with E-state index in [4.69, 9.17) is 15.2 Å². The van der Waals surface area contributed by atoms with Gasteiger partial charge in [0.1, 0.15) is 11.2 Å². The van der Waals surface area contributed by atoms with Gasteiger partial charge in [0.2, 0.25) is 17.7 Å². The molecule has 0 aromatic heterocycles. The first kappa shape index (κ1) is 40.1. The van der Waals surface area contributed by atoms with Crippen LogP contribution in [-0.2, 0) is 38.2 Å². The molecule has 1 aromatic rings. The number of carboxylic acid groups (broad SMARTS) is 1. The van der Waals surface area contributed by atoms with Crippen LogP contribution < -0.4 is 10.6 Å². The second-order valence-corrected chi connectivity index (χ2v) is 16.1. The van der Waals surface area contributed by atoms with E-state index < -0.39 is 87.6 Å². The zero-order valence-corrected chi connectivity index (χ0v) is 30.8. The number of hydrogen-bond acceptors (Lipinski definition) is 10. The van der Waals surface area contributed by atoms with Crippen LogP contribution in [0.1, 0.15) is 88.5 Å². The van der Waals surface area contributed by atoms with Crippen LogP contribution in [0, 0.1) is 23.2 Å². The number of nitrogens with two attached hydrogens (primary N) is 1. The fourth-order valence-corrected chi connectivity index (χ4v) is 6.67. The molecule has 3 N–H and O–H groups in total. The lowest BCUT2D eigenvalue weighted by Crippen LogP contribution is -2.75. The number of nitrogens with zero attached hydrogens (tertiary/aromatic N) is 3. The highest BCUT2D eigenvalue weighted by Crippen LogP contribution is 2.42. The number of Topliss-reactive ketones (excluding diaryl/α,β-unsaturated/α-hetero) is 1. The van der Waals surface area contributed by atoms with E-state index in [0.29, 0.717) is 22.6 Å². The van der Waals surface area contributed by atoms with Gasteiger partial charge in [-0.1, -0.05) is 39.0 Å². The Morgan fingerprint density at radius 1 is 0.880 bits per heavy atom. The number of rotatable bonds is 9. The molecular formula is C36H52N4O10. The number of esters is 1. The van der Waals surface area contributed by atoms with Crippen LogP contribution in [0.3, 0.4) is 0 Å². The van der Waals surface area contributed by atoms with E-state index >= 15 is 0 Å². The number of para-hydroxylation sites is 1. The van der Waals surface area contributed by atoms with E-state index in [2.05, 4.69) is 0 Å². The van der Waals surface area contributed by atoms with Gasteiger partial charge in [-0.05, 0) is 84.8 Å².